The first kappa shape index (κ1) is 19.4. The van der Waals surface area contributed by atoms with Gasteiger partial charge >= 0.3 is 5.97 Å². The predicted octanol–water partition coefficient (Wildman–Crippen LogP) is 0.0281. The van der Waals surface area contributed by atoms with Gasteiger partial charge in [-0.2, -0.15) is 0 Å². The number of aromatic carboxylic acids is 1. The Bertz CT molecular complexity index is 1240. The van der Waals surface area contributed by atoms with E-state index in [1.54, 1.807) is 24.5 Å². The van der Waals surface area contributed by atoms with Gasteiger partial charge in [-0.1, -0.05) is 11.5 Å². The summed E-state index contributed by atoms with van der Waals surface area (Å²) in [5.41, 5.74) is 1.84. The molecule has 1 saturated heterocycles. The molecule has 0 amide bonds. The fraction of sp³-hybridized carbons (Fsp3) is 0.333. The highest BCUT2D eigenvalue weighted by atomic mass is 16.5. The van der Waals surface area contributed by atoms with Crippen molar-refractivity contribution in [3.63, 3.8) is 0 Å². The lowest BCUT2D eigenvalue weighted by atomic mass is 9.89. The zero-order valence-electron chi connectivity index (χ0n) is 17.4. The number of nitrogens with zero attached hydrogens (tertiary/aromatic N) is 5. The van der Waals surface area contributed by atoms with Gasteiger partial charge in [0.2, 0.25) is 11.4 Å². The Hall–Kier alpha value is -3.56. The summed E-state index contributed by atoms with van der Waals surface area (Å²) in [5, 5.41) is 9.89. The molecule has 1 fully saturated rings. The van der Waals surface area contributed by atoms with Crippen molar-refractivity contribution in [3.8, 4) is 5.75 Å². The van der Waals surface area contributed by atoms with Crippen molar-refractivity contribution in [2.45, 2.75) is 13.0 Å². The molecule has 0 aliphatic carbocycles. The van der Waals surface area contributed by atoms with E-state index < -0.39 is 11.4 Å². The van der Waals surface area contributed by atoms with Crippen molar-refractivity contribution < 1.29 is 14.6 Å². The molecule has 2 aromatic heterocycles. The average molecular weight is 419 g/mol. The summed E-state index contributed by atoms with van der Waals surface area (Å²) < 4.78 is 8.02. The van der Waals surface area contributed by atoms with E-state index in [4.69, 9.17) is 4.74 Å². The maximum atomic E-state index is 12.9. The molecule has 2 aliphatic heterocycles. The molecule has 2 aliphatic rings. The molecular weight excluding hydrogens is 397 g/mol. The van der Waals surface area contributed by atoms with Crippen LogP contribution in [0.15, 0.2) is 35.5 Å². The van der Waals surface area contributed by atoms with Gasteiger partial charge in [-0.15, -0.1) is 0 Å². The minimum Gasteiger partial charge on any atom is -0.487 e. The van der Waals surface area contributed by atoms with Crippen LogP contribution in [0.2, 0.25) is 0 Å². The van der Waals surface area contributed by atoms with Crippen LogP contribution < -0.4 is 25.4 Å². The Labute approximate surface area is 179 Å². The average Bonchev–Trinajstić information content (AvgIpc) is 2.78. The van der Waals surface area contributed by atoms with Crippen molar-refractivity contribution in [1.82, 2.24) is 14.5 Å². The number of piperazine rings is 1. The number of ether oxygens (including phenoxy) is 1. The first-order valence-electron chi connectivity index (χ1n) is 10.3. The summed E-state index contributed by atoms with van der Waals surface area (Å²) >= 11 is 0. The van der Waals surface area contributed by atoms with Crippen LogP contribution in [0.3, 0.4) is 0 Å². The second kappa shape index (κ2) is 7.30. The summed E-state index contributed by atoms with van der Waals surface area (Å²) in [6.07, 6.45) is 4.94. The van der Waals surface area contributed by atoms with Gasteiger partial charge in [0, 0.05) is 50.2 Å². The standard InChI is InChI=1S/C21H22BN5O4/c1-12-11-31-19-16-13(18(28)14(20(29)30)10-27(12)16)9-15(22)17(19)25-5-7-26(8-6-25)21-23-3-2-4-24-21/h2-4,9-10,12H,5-8,11,22H2,1H3,(H,29,30)/t12-/m0/s1. The molecule has 9 nitrogen and oxygen atoms in total. The second-order valence-electron chi connectivity index (χ2n) is 8.03. The van der Waals surface area contributed by atoms with Gasteiger partial charge in [0.15, 0.2) is 5.75 Å². The van der Waals surface area contributed by atoms with Crippen molar-refractivity contribution >= 4 is 41.8 Å². The van der Waals surface area contributed by atoms with Crippen LogP contribution in [-0.2, 0) is 0 Å². The highest BCUT2D eigenvalue weighted by molar-refractivity contribution is 6.38. The summed E-state index contributed by atoms with van der Waals surface area (Å²) in [7, 11) is 1.94. The van der Waals surface area contributed by atoms with E-state index in [9.17, 15) is 14.7 Å². The lowest BCUT2D eigenvalue weighted by Gasteiger charge is -2.39. The monoisotopic (exact) mass is 419 g/mol. The molecular formula is C21H22BN5O4. The molecule has 1 aromatic carbocycles. The Morgan fingerprint density at radius 3 is 2.55 bits per heavy atom. The fourth-order valence-electron chi connectivity index (χ4n) is 4.50. The van der Waals surface area contributed by atoms with E-state index in [1.165, 1.54) is 6.20 Å². The zero-order valence-corrected chi connectivity index (χ0v) is 17.4. The van der Waals surface area contributed by atoms with E-state index in [-0.39, 0.29) is 11.6 Å². The number of hydrogen-bond acceptors (Lipinski definition) is 7. The number of aromatic nitrogens is 3. The third-order valence-corrected chi connectivity index (χ3v) is 6.04. The maximum absolute atomic E-state index is 12.9. The highest BCUT2D eigenvalue weighted by Crippen LogP contribution is 2.38. The number of carboxylic acids is 1. The third kappa shape index (κ3) is 3.10. The van der Waals surface area contributed by atoms with Crippen LogP contribution in [-0.4, -0.2) is 66.2 Å². The number of rotatable bonds is 3. The molecule has 0 radical (unpaired) electrons. The number of benzene rings is 1. The molecule has 0 unspecified atom stereocenters. The predicted molar refractivity (Wildman–Crippen MR) is 120 cm³/mol. The molecule has 0 spiro atoms. The minimum atomic E-state index is -1.21. The highest BCUT2D eigenvalue weighted by Gasteiger charge is 2.30. The molecule has 10 heteroatoms. The number of hydrogen-bond donors (Lipinski definition) is 1. The first-order valence-corrected chi connectivity index (χ1v) is 10.3. The van der Waals surface area contributed by atoms with Crippen LogP contribution in [0.4, 0.5) is 11.6 Å². The van der Waals surface area contributed by atoms with Crippen LogP contribution in [0.25, 0.3) is 10.9 Å². The molecule has 0 bridgehead atoms. The number of anilines is 2. The minimum absolute atomic E-state index is 0.0728. The van der Waals surface area contributed by atoms with Gasteiger partial charge < -0.3 is 24.2 Å². The number of pyridine rings is 1. The van der Waals surface area contributed by atoms with Crippen molar-refractivity contribution in [1.29, 1.82) is 0 Å². The lowest BCUT2D eigenvalue weighted by molar-refractivity contribution is 0.0694. The van der Waals surface area contributed by atoms with Crippen molar-refractivity contribution in [2.24, 2.45) is 0 Å². The molecule has 1 atom stereocenters. The van der Waals surface area contributed by atoms with Gasteiger partial charge in [-0.25, -0.2) is 14.8 Å². The summed E-state index contributed by atoms with van der Waals surface area (Å²) in [5.74, 6) is 0.169. The van der Waals surface area contributed by atoms with Gasteiger partial charge in [-0.05, 0) is 13.0 Å². The van der Waals surface area contributed by atoms with Gasteiger partial charge in [0.05, 0.1) is 17.2 Å². The van der Waals surface area contributed by atoms with E-state index in [0.29, 0.717) is 23.3 Å². The van der Waals surface area contributed by atoms with E-state index in [2.05, 4.69) is 19.8 Å². The Morgan fingerprint density at radius 1 is 1.19 bits per heavy atom. The van der Waals surface area contributed by atoms with Gasteiger partial charge in [0.1, 0.15) is 20.0 Å². The van der Waals surface area contributed by atoms with Gasteiger partial charge in [0.25, 0.3) is 0 Å². The molecule has 158 valence electrons. The SMILES string of the molecule is Bc1cc2c(=O)c(C(=O)O)cn3c2c(c1N1CCN(c2ncccn2)CC1)OC[C@@H]3C. The number of carboxylic acid groups (broad SMARTS) is 1. The summed E-state index contributed by atoms with van der Waals surface area (Å²) in [6.45, 7) is 5.42. The summed E-state index contributed by atoms with van der Waals surface area (Å²) in [4.78, 5) is 37.6. The first-order chi connectivity index (χ1) is 15.0. The fourth-order valence-corrected chi connectivity index (χ4v) is 4.50. The van der Waals surface area contributed by atoms with Crippen LogP contribution in [0.1, 0.15) is 23.3 Å². The largest absolute Gasteiger partial charge is 0.487 e. The van der Waals surface area contributed by atoms with Crippen molar-refractivity contribution in [2.75, 3.05) is 42.6 Å². The maximum Gasteiger partial charge on any atom is 0.341 e. The second-order valence-corrected chi connectivity index (χ2v) is 8.03. The molecule has 3 aromatic rings. The van der Waals surface area contributed by atoms with E-state index in [0.717, 1.165) is 43.3 Å². The smallest absolute Gasteiger partial charge is 0.341 e. The van der Waals surface area contributed by atoms with Gasteiger partial charge in [-0.3, -0.25) is 4.79 Å². The normalized spacial score (nSPS) is 18.2. The molecule has 0 saturated carbocycles. The topological polar surface area (TPSA) is 101 Å². The van der Waals surface area contributed by atoms with E-state index >= 15 is 0 Å². The molecule has 5 rings (SSSR count). The van der Waals surface area contributed by atoms with E-state index in [1.807, 2.05) is 19.3 Å². The molecule has 1 N–H and O–H groups in total. The third-order valence-electron chi connectivity index (χ3n) is 6.04. The lowest BCUT2D eigenvalue weighted by Crippen LogP contribution is -2.48. The summed E-state index contributed by atoms with van der Waals surface area (Å²) in [6, 6.07) is 3.53. The zero-order chi connectivity index (χ0) is 21.7. The Morgan fingerprint density at radius 2 is 1.87 bits per heavy atom. The van der Waals surface area contributed by atoms with Crippen LogP contribution in [0.5, 0.6) is 5.75 Å². The van der Waals surface area contributed by atoms with Crippen LogP contribution in [0, 0.1) is 0 Å². The number of carbonyl (C=O) groups is 1. The Kier molecular flexibility index (Phi) is 4.57. The van der Waals surface area contributed by atoms with Crippen LogP contribution >= 0.6 is 0 Å². The quantitative estimate of drug-likeness (QED) is 0.594. The molecule has 31 heavy (non-hydrogen) atoms. The Balaban J connectivity index is 1.58. The molecule has 4 heterocycles. The van der Waals surface area contributed by atoms with Crippen molar-refractivity contribution in [3.05, 3.63) is 46.5 Å².